The molecule has 104 valence electrons. The van der Waals surface area contributed by atoms with E-state index in [2.05, 4.69) is 37.4 Å². The van der Waals surface area contributed by atoms with Gasteiger partial charge in [-0.2, -0.15) is 0 Å². The molecule has 0 aromatic heterocycles. The van der Waals surface area contributed by atoms with Crippen LogP contribution in [0.4, 0.5) is 0 Å². The highest BCUT2D eigenvalue weighted by Gasteiger charge is 2.37. The first-order valence-electron chi connectivity index (χ1n) is 7.67. The number of hydrogen-bond donors (Lipinski definition) is 2. The summed E-state index contributed by atoms with van der Waals surface area (Å²) in [6.45, 7) is 5.73. The predicted molar refractivity (Wildman–Crippen MR) is 78.1 cm³/mol. The van der Waals surface area contributed by atoms with Crippen LogP contribution < -0.4 is 5.32 Å². The Morgan fingerprint density at radius 1 is 1.11 bits per heavy atom. The number of piperidine rings is 1. The van der Waals surface area contributed by atoms with E-state index in [1.165, 1.54) is 18.4 Å². The van der Waals surface area contributed by atoms with E-state index in [1.54, 1.807) is 0 Å². The second-order valence-electron chi connectivity index (χ2n) is 6.56. The zero-order chi connectivity index (χ0) is 13.4. The zero-order valence-electron chi connectivity index (χ0n) is 12.0. The monoisotopic (exact) mass is 259 g/mol. The first-order valence-corrected chi connectivity index (χ1v) is 7.67. The Hall–Kier alpha value is -0.860. The summed E-state index contributed by atoms with van der Waals surface area (Å²) in [6, 6.07) is 8.90. The molecule has 0 amide bonds. The second kappa shape index (κ2) is 5.26. The summed E-state index contributed by atoms with van der Waals surface area (Å²) < 4.78 is 0. The summed E-state index contributed by atoms with van der Waals surface area (Å²) in [7, 11) is 0. The Kier molecular flexibility index (Phi) is 3.64. The summed E-state index contributed by atoms with van der Waals surface area (Å²) >= 11 is 0. The van der Waals surface area contributed by atoms with Gasteiger partial charge in [-0.15, -0.1) is 0 Å². The first kappa shape index (κ1) is 13.1. The lowest BCUT2D eigenvalue weighted by Crippen LogP contribution is -2.46. The first-order chi connectivity index (χ1) is 9.16. The zero-order valence-corrected chi connectivity index (χ0v) is 12.0. The van der Waals surface area contributed by atoms with Crippen molar-refractivity contribution in [2.75, 3.05) is 6.54 Å². The molecule has 2 N–H and O–H groups in total. The molecule has 1 saturated heterocycles. The van der Waals surface area contributed by atoms with Crippen LogP contribution in [0.2, 0.25) is 0 Å². The van der Waals surface area contributed by atoms with Crippen LogP contribution in [-0.4, -0.2) is 17.7 Å². The van der Waals surface area contributed by atoms with Gasteiger partial charge in [0.15, 0.2) is 0 Å². The number of rotatable bonds is 1. The molecule has 1 aromatic rings. The highest BCUT2D eigenvalue weighted by molar-refractivity contribution is 5.35. The molecule has 19 heavy (non-hydrogen) atoms. The van der Waals surface area contributed by atoms with Crippen molar-refractivity contribution in [3.8, 4) is 0 Å². The molecule has 5 atom stereocenters. The van der Waals surface area contributed by atoms with Crippen LogP contribution in [0.5, 0.6) is 0 Å². The molecule has 5 unspecified atom stereocenters. The van der Waals surface area contributed by atoms with Gasteiger partial charge in [0.1, 0.15) is 0 Å². The normalized spacial score (nSPS) is 38.8. The molecular weight excluding hydrogens is 234 g/mol. The largest absolute Gasteiger partial charge is 0.388 e. The molecule has 1 aliphatic heterocycles. The molecule has 0 bridgehead atoms. The quantitative estimate of drug-likeness (QED) is 0.811. The van der Waals surface area contributed by atoms with Gasteiger partial charge in [-0.1, -0.05) is 38.1 Å². The SMILES string of the molecule is CC1CCNC(C2CC(C)c3ccccc3C2O)C1. The van der Waals surface area contributed by atoms with Gasteiger partial charge in [0, 0.05) is 12.0 Å². The van der Waals surface area contributed by atoms with E-state index in [-0.39, 0.29) is 6.10 Å². The smallest absolute Gasteiger partial charge is 0.0836 e. The average Bonchev–Trinajstić information content (AvgIpc) is 2.43. The maximum atomic E-state index is 10.7. The number of fused-ring (bicyclic) bond motifs is 1. The van der Waals surface area contributed by atoms with Gasteiger partial charge in [0.05, 0.1) is 6.10 Å². The molecule has 2 aliphatic rings. The van der Waals surface area contributed by atoms with E-state index in [9.17, 15) is 5.11 Å². The topological polar surface area (TPSA) is 32.3 Å². The van der Waals surface area contributed by atoms with Gasteiger partial charge in [-0.25, -0.2) is 0 Å². The van der Waals surface area contributed by atoms with E-state index in [4.69, 9.17) is 0 Å². The van der Waals surface area contributed by atoms with Crippen LogP contribution in [0.25, 0.3) is 0 Å². The number of nitrogens with one attached hydrogen (secondary N) is 1. The van der Waals surface area contributed by atoms with Gasteiger partial charge in [0.25, 0.3) is 0 Å². The van der Waals surface area contributed by atoms with E-state index in [0.29, 0.717) is 17.9 Å². The van der Waals surface area contributed by atoms with E-state index >= 15 is 0 Å². The average molecular weight is 259 g/mol. The van der Waals surface area contributed by atoms with Gasteiger partial charge < -0.3 is 10.4 Å². The summed E-state index contributed by atoms with van der Waals surface area (Å²) in [5.74, 6) is 1.71. The molecule has 2 nitrogen and oxygen atoms in total. The minimum atomic E-state index is -0.296. The maximum absolute atomic E-state index is 10.7. The van der Waals surface area contributed by atoms with Crippen molar-refractivity contribution in [3.05, 3.63) is 35.4 Å². The molecule has 1 fully saturated rings. The highest BCUT2D eigenvalue weighted by Crippen LogP contribution is 2.43. The molecule has 1 heterocycles. The third-order valence-electron chi connectivity index (χ3n) is 5.09. The Bertz CT molecular complexity index is 445. The Morgan fingerprint density at radius 3 is 2.58 bits per heavy atom. The van der Waals surface area contributed by atoms with Crippen molar-refractivity contribution < 1.29 is 5.11 Å². The van der Waals surface area contributed by atoms with Crippen molar-refractivity contribution >= 4 is 0 Å². The lowest BCUT2D eigenvalue weighted by molar-refractivity contribution is 0.0510. The molecule has 1 aliphatic carbocycles. The van der Waals surface area contributed by atoms with Crippen LogP contribution in [0, 0.1) is 11.8 Å². The van der Waals surface area contributed by atoms with E-state index < -0.39 is 0 Å². The van der Waals surface area contributed by atoms with Crippen LogP contribution in [0.15, 0.2) is 24.3 Å². The van der Waals surface area contributed by atoms with Gasteiger partial charge in [-0.3, -0.25) is 0 Å². The molecule has 3 rings (SSSR count). The Morgan fingerprint density at radius 2 is 1.84 bits per heavy atom. The fraction of sp³-hybridized carbons (Fsp3) is 0.647. The Balaban J connectivity index is 1.85. The van der Waals surface area contributed by atoms with Crippen molar-refractivity contribution in [2.45, 2.75) is 51.2 Å². The summed E-state index contributed by atoms with van der Waals surface area (Å²) in [6.07, 6.45) is 3.28. The van der Waals surface area contributed by atoms with Crippen molar-refractivity contribution in [1.29, 1.82) is 0 Å². The minimum absolute atomic E-state index is 0.296. The number of benzene rings is 1. The standard InChI is InChI=1S/C17H25NO/c1-11-7-8-18-16(9-11)15-10-12(2)13-5-3-4-6-14(13)17(15)19/h3-6,11-12,15-19H,7-10H2,1-2H3. The lowest BCUT2D eigenvalue weighted by Gasteiger charge is -2.41. The van der Waals surface area contributed by atoms with Crippen LogP contribution >= 0.6 is 0 Å². The summed E-state index contributed by atoms with van der Waals surface area (Å²) in [5, 5.41) is 14.4. The van der Waals surface area contributed by atoms with Gasteiger partial charge in [-0.05, 0) is 48.8 Å². The second-order valence-corrected chi connectivity index (χ2v) is 6.56. The van der Waals surface area contributed by atoms with Crippen molar-refractivity contribution in [2.24, 2.45) is 11.8 Å². The van der Waals surface area contributed by atoms with Crippen molar-refractivity contribution in [3.63, 3.8) is 0 Å². The molecule has 0 spiro atoms. The number of hydrogen-bond acceptors (Lipinski definition) is 2. The molecule has 0 radical (unpaired) electrons. The molecule has 2 heteroatoms. The van der Waals surface area contributed by atoms with E-state index in [1.807, 2.05) is 6.07 Å². The number of aliphatic hydroxyl groups excluding tert-OH is 1. The van der Waals surface area contributed by atoms with Crippen LogP contribution in [0.1, 0.15) is 56.3 Å². The maximum Gasteiger partial charge on any atom is 0.0836 e. The highest BCUT2D eigenvalue weighted by atomic mass is 16.3. The summed E-state index contributed by atoms with van der Waals surface area (Å²) in [4.78, 5) is 0. The van der Waals surface area contributed by atoms with Crippen LogP contribution in [0.3, 0.4) is 0 Å². The molecule has 0 saturated carbocycles. The molecular formula is C17H25NO. The number of aliphatic hydroxyl groups is 1. The fourth-order valence-corrected chi connectivity index (χ4v) is 3.98. The predicted octanol–water partition coefficient (Wildman–Crippen LogP) is 3.23. The third-order valence-corrected chi connectivity index (χ3v) is 5.09. The van der Waals surface area contributed by atoms with E-state index in [0.717, 1.165) is 24.4 Å². The summed E-state index contributed by atoms with van der Waals surface area (Å²) in [5.41, 5.74) is 2.50. The minimum Gasteiger partial charge on any atom is -0.388 e. The van der Waals surface area contributed by atoms with Gasteiger partial charge in [0.2, 0.25) is 0 Å². The van der Waals surface area contributed by atoms with Crippen LogP contribution in [-0.2, 0) is 0 Å². The lowest BCUT2D eigenvalue weighted by atomic mass is 9.70. The Labute approximate surface area is 116 Å². The fourth-order valence-electron chi connectivity index (χ4n) is 3.98. The van der Waals surface area contributed by atoms with Gasteiger partial charge >= 0.3 is 0 Å². The third kappa shape index (κ3) is 2.44. The molecule has 1 aromatic carbocycles. The van der Waals surface area contributed by atoms with Crippen molar-refractivity contribution in [1.82, 2.24) is 5.32 Å².